The molecule has 0 aliphatic rings. The summed E-state index contributed by atoms with van der Waals surface area (Å²) in [6, 6.07) is 49.9. The van der Waals surface area contributed by atoms with Gasteiger partial charge in [0.15, 0.2) is 34.2 Å². The highest BCUT2D eigenvalue weighted by molar-refractivity contribution is 7.99. The maximum atomic E-state index is 13.4. The predicted octanol–water partition coefficient (Wildman–Crippen LogP) is 16.7. The number of aromatic amines is 3. The lowest BCUT2D eigenvalue weighted by atomic mass is 9.92. The number of rotatable bonds is 25. The molecule has 0 aliphatic heterocycles. The maximum Gasteiger partial charge on any atom is 0.268 e. The molecule has 29 heteroatoms. The largest absolute Gasteiger partial charge is 0.481 e. The minimum atomic E-state index is -0.334. The van der Waals surface area contributed by atoms with E-state index in [-0.39, 0.29) is 76.0 Å². The summed E-state index contributed by atoms with van der Waals surface area (Å²) in [4.78, 5) is 115. The first kappa shape index (κ1) is 84.9. The number of benzene rings is 5. The van der Waals surface area contributed by atoms with E-state index in [1.54, 1.807) is 84.4 Å². The summed E-state index contributed by atoms with van der Waals surface area (Å²) >= 11 is 4.65. The fraction of sp³-hybridized carbons (Fsp3) is 0.253. The molecular formula is C91H90N16O10S3. The molecule has 15 aromatic rings. The summed E-state index contributed by atoms with van der Waals surface area (Å²) in [6.07, 6.45) is 17.5. The van der Waals surface area contributed by atoms with Crippen LogP contribution in [0.25, 0.3) is 50.6 Å². The molecule has 612 valence electrons. The van der Waals surface area contributed by atoms with Gasteiger partial charge in [0, 0.05) is 112 Å². The van der Waals surface area contributed by atoms with Crippen molar-refractivity contribution < 1.29 is 33.3 Å². The van der Waals surface area contributed by atoms with Crippen LogP contribution in [0.5, 0.6) is 40.4 Å². The predicted molar refractivity (Wildman–Crippen MR) is 468 cm³/mol. The minimum absolute atomic E-state index is 0.0605. The zero-order valence-electron chi connectivity index (χ0n) is 68.9. The summed E-state index contributed by atoms with van der Waals surface area (Å²) in [5.41, 5.74) is 12.9. The number of para-hydroxylation sites is 1. The van der Waals surface area contributed by atoms with E-state index in [1.807, 2.05) is 149 Å². The van der Waals surface area contributed by atoms with Crippen molar-refractivity contribution in [2.75, 3.05) is 25.9 Å². The van der Waals surface area contributed by atoms with Crippen LogP contribution in [0.1, 0.15) is 119 Å². The summed E-state index contributed by atoms with van der Waals surface area (Å²) in [6.45, 7) is 21.1. The molecule has 0 aliphatic carbocycles. The molecule has 0 saturated heterocycles. The van der Waals surface area contributed by atoms with E-state index in [9.17, 15) is 28.8 Å². The first-order valence-corrected chi connectivity index (χ1v) is 42.2. The molecular weight excluding hydrogens is 1570 g/mol. The SMILES string of the molecule is COc1ccc(-n2nc(C(C)(C)C)cc2CC(=O)Cc2ccc(Oc3ccnc4[nH]c(=O)cnc34)cc2SC)cn1.CSc1cc(Oc2ccnc3[nH]c(=O)cnc23)ccc1CC(=O)Cc1cc(C(C)(C)C)nn1-c1ccc(C)cc1.CSc1cc(Oc2ccnc3[nH]c(=O)cnc23)ccc1CC(=O)Cc1cc(C(C)(C)C)nn1-c1ccccc1. The van der Waals surface area contributed by atoms with E-state index >= 15 is 0 Å². The number of ether oxygens (including phenoxy) is 4. The van der Waals surface area contributed by atoms with Gasteiger partial charge in [0.2, 0.25) is 5.88 Å². The first-order valence-electron chi connectivity index (χ1n) is 38.5. The van der Waals surface area contributed by atoms with Gasteiger partial charge in [-0.2, -0.15) is 15.3 Å². The number of pyridine rings is 4. The van der Waals surface area contributed by atoms with Crippen LogP contribution < -0.4 is 35.6 Å². The van der Waals surface area contributed by atoms with Crippen molar-refractivity contribution in [3.63, 3.8) is 0 Å². The lowest BCUT2D eigenvalue weighted by molar-refractivity contribution is -0.118. The Balaban J connectivity index is 0.000000156. The molecule has 10 heterocycles. The number of nitrogens with zero attached hydrogens (tertiary/aromatic N) is 13. The lowest BCUT2D eigenvalue weighted by Crippen LogP contribution is -2.13. The van der Waals surface area contributed by atoms with Gasteiger partial charge in [-0.05, 0) is 127 Å². The van der Waals surface area contributed by atoms with Gasteiger partial charge < -0.3 is 33.9 Å². The fourth-order valence-electron chi connectivity index (χ4n) is 12.9. The molecule has 10 aromatic heterocycles. The van der Waals surface area contributed by atoms with Crippen LogP contribution in [0.2, 0.25) is 0 Å². The number of hydrogen-bond acceptors (Lipinski definition) is 23. The van der Waals surface area contributed by atoms with Crippen LogP contribution >= 0.6 is 35.3 Å². The van der Waals surface area contributed by atoms with Gasteiger partial charge in [-0.3, -0.25) is 28.8 Å². The molecule has 0 bridgehead atoms. The Morgan fingerprint density at radius 3 is 1.02 bits per heavy atom. The maximum absolute atomic E-state index is 13.4. The molecule has 0 amide bonds. The second-order valence-electron chi connectivity index (χ2n) is 31.4. The van der Waals surface area contributed by atoms with E-state index in [0.29, 0.717) is 86.7 Å². The van der Waals surface area contributed by atoms with Crippen LogP contribution in [-0.2, 0) is 69.2 Å². The van der Waals surface area contributed by atoms with Gasteiger partial charge in [0.25, 0.3) is 16.7 Å². The number of aromatic nitrogens is 16. The molecule has 3 N–H and O–H groups in total. The van der Waals surface area contributed by atoms with Crippen molar-refractivity contribution in [3.8, 4) is 57.4 Å². The molecule has 0 radical (unpaired) electrons. The average Bonchev–Trinajstić information content (AvgIpc) is 1.50. The Kier molecular flexibility index (Phi) is 26.1. The van der Waals surface area contributed by atoms with Crippen molar-refractivity contribution in [3.05, 3.63) is 289 Å². The second kappa shape index (κ2) is 36.9. The second-order valence-corrected chi connectivity index (χ2v) is 34.0. The number of nitrogens with one attached hydrogen (secondary N) is 3. The summed E-state index contributed by atoms with van der Waals surface area (Å²) in [5.74, 6) is 4.01. The molecule has 0 unspecified atom stereocenters. The molecule has 15 rings (SSSR count). The lowest BCUT2D eigenvalue weighted by Gasteiger charge is -2.14. The van der Waals surface area contributed by atoms with Gasteiger partial charge in [0.05, 0.1) is 83.1 Å². The number of hydrogen-bond donors (Lipinski definition) is 3. The number of carbonyl (C=O) groups excluding carboxylic acids is 3. The van der Waals surface area contributed by atoms with Gasteiger partial charge in [-0.25, -0.2) is 48.9 Å². The quantitative estimate of drug-likeness (QED) is 0.0447. The van der Waals surface area contributed by atoms with Crippen molar-refractivity contribution >= 4 is 86.1 Å². The third-order valence-corrected chi connectivity index (χ3v) is 21.6. The zero-order valence-corrected chi connectivity index (χ0v) is 71.4. The number of thioether (sulfide) groups is 3. The van der Waals surface area contributed by atoms with E-state index in [0.717, 1.165) is 82.6 Å². The molecule has 0 spiro atoms. The van der Waals surface area contributed by atoms with Crippen molar-refractivity contribution in [2.45, 2.75) is 139 Å². The molecule has 26 nitrogen and oxygen atoms in total. The van der Waals surface area contributed by atoms with Crippen LogP contribution in [0.4, 0.5) is 0 Å². The van der Waals surface area contributed by atoms with Crippen molar-refractivity contribution in [1.82, 2.24) is 79.2 Å². The van der Waals surface area contributed by atoms with Gasteiger partial charge in [-0.15, -0.1) is 35.3 Å². The normalized spacial score (nSPS) is 11.6. The van der Waals surface area contributed by atoms with Crippen molar-refractivity contribution in [2.24, 2.45) is 0 Å². The molecule has 120 heavy (non-hydrogen) atoms. The summed E-state index contributed by atoms with van der Waals surface area (Å²) in [5, 5.41) is 14.5. The van der Waals surface area contributed by atoms with Crippen LogP contribution in [0.3, 0.4) is 0 Å². The molecule has 0 fully saturated rings. The zero-order chi connectivity index (χ0) is 85.2. The Bertz CT molecular complexity index is 6460. The highest BCUT2D eigenvalue weighted by Gasteiger charge is 2.27. The third-order valence-electron chi connectivity index (χ3n) is 19.2. The highest BCUT2D eigenvalue weighted by atomic mass is 32.2. The third kappa shape index (κ3) is 20.9. The Morgan fingerprint density at radius 1 is 0.375 bits per heavy atom. The van der Waals surface area contributed by atoms with Crippen LogP contribution in [0.15, 0.2) is 230 Å². The van der Waals surface area contributed by atoms with E-state index < -0.39 is 0 Å². The molecule has 5 aromatic carbocycles. The van der Waals surface area contributed by atoms with Gasteiger partial charge in [0.1, 0.15) is 51.1 Å². The Morgan fingerprint density at radius 2 is 0.708 bits per heavy atom. The number of H-pyrrole nitrogens is 3. The van der Waals surface area contributed by atoms with Gasteiger partial charge >= 0.3 is 0 Å². The number of carbonyl (C=O) groups is 3. The highest BCUT2D eigenvalue weighted by Crippen LogP contribution is 2.37. The fourth-order valence-corrected chi connectivity index (χ4v) is 14.8. The number of Topliss-reactive ketones (excluding diaryl/α,β-unsaturated/α-hetero) is 3. The molecule has 0 saturated carbocycles. The van der Waals surface area contributed by atoms with Crippen molar-refractivity contribution in [1.29, 1.82) is 0 Å². The first-order chi connectivity index (χ1) is 57.4. The van der Waals surface area contributed by atoms with E-state index in [1.165, 1.54) is 35.9 Å². The van der Waals surface area contributed by atoms with Gasteiger partial charge in [-0.1, -0.05) is 116 Å². The minimum Gasteiger partial charge on any atom is -0.481 e. The van der Waals surface area contributed by atoms with E-state index in [4.69, 9.17) is 34.2 Å². The summed E-state index contributed by atoms with van der Waals surface area (Å²) in [7, 11) is 1.57. The topological polar surface area (TPSA) is 330 Å². The number of fused-ring (bicyclic) bond motifs is 3. The van der Waals surface area contributed by atoms with Crippen LogP contribution in [-0.4, -0.2) is 122 Å². The monoisotopic (exact) mass is 1660 g/mol. The number of aryl methyl sites for hydroxylation is 1. The van der Waals surface area contributed by atoms with E-state index in [2.05, 4.69) is 131 Å². The Labute approximate surface area is 704 Å². The number of ketones is 3. The summed E-state index contributed by atoms with van der Waals surface area (Å²) < 4.78 is 29.0. The number of methoxy groups -OCH3 is 1. The molecule has 0 atom stereocenters. The Hall–Kier alpha value is -13.0. The van der Waals surface area contributed by atoms with Crippen LogP contribution in [0, 0.1) is 6.92 Å². The smallest absolute Gasteiger partial charge is 0.268 e. The standard InChI is InChI=1S/C31H31N5O3S.C30H30N6O4S.C30H29N5O3S/c1-19-6-9-21(10-7-19)36-22(16-27(35-36)31(2,3)4)15-23(37)14-20-8-11-24(17-26(20)40-5)39-25-12-13-32-30-29(25)33-18-28(38)34-30;1-30(2,3)25-14-20(36(35-25)19-7-9-27(39-4)32-16-19)13-21(37)12-18-6-8-22(15-24(18)41-5)40-23-10-11-31-29-28(23)33-17-26(38)34-29;1-30(2,3)26-16-21(35(34-26)20-8-6-5-7-9-20)15-22(36)14-19-10-11-23(17-25(19)39-4)38-24-12-13-31-29-28(24)32-18-27(37)33-29/h6-13,16-18H,14-15H2,1-5H3,(H,32,34,38);6-11,14-17H,12-13H2,1-5H3,(H,31,34,38);5-13,16-18H,14-15H2,1-4H3,(H,31,33,37). The average molecular weight is 1660 g/mol.